The van der Waals surface area contributed by atoms with Gasteiger partial charge >= 0.3 is 0 Å². The predicted octanol–water partition coefficient (Wildman–Crippen LogP) is 7.21. The van der Waals surface area contributed by atoms with Crippen LogP contribution in [0.15, 0.2) is 85.6 Å². The first kappa shape index (κ1) is 23.3. The van der Waals surface area contributed by atoms with Gasteiger partial charge in [0.1, 0.15) is 16.8 Å². The molecule has 0 aliphatic heterocycles. The van der Waals surface area contributed by atoms with Crippen LogP contribution >= 0.6 is 23.4 Å². The molecule has 0 amide bonds. The van der Waals surface area contributed by atoms with Crippen molar-refractivity contribution in [1.82, 2.24) is 4.98 Å². The summed E-state index contributed by atoms with van der Waals surface area (Å²) in [5.41, 5.74) is 2.55. The molecule has 2 heterocycles. The van der Waals surface area contributed by atoms with Crippen molar-refractivity contribution in [3.63, 3.8) is 0 Å². The van der Waals surface area contributed by atoms with E-state index in [1.807, 2.05) is 42.5 Å². The Bertz CT molecular complexity index is 1530. The third-order valence-electron chi connectivity index (χ3n) is 5.45. The Morgan fingerprint density at radius 3 is 2.63 bits per heavy atom. The summed E-state index contributed by atoms with van der Waals surface area (Å²) < 4.78 is 23.1. The highest BCUT2D eigenvalue weighted by Crippen LogP contribution is 2.32. The molecule has 35 heavy (non-hydrogen) atoms. The number of benzene rings is 3. The van der Waals surface area contributed by atoms with Gasteiger partial charge in [-0.25, -0.2) is 4.98 Å². The smallest absolute Gasteiger partial charge is 0.256 e. The molecule has 3 aromatic carbocycles. The first-order valence-corrected chi connectivity index (χ1v) is 12.5. The first-order chi connectivity index (χ1) is 17.1. The Morgan fingerprint density at radius 1 is 0.971 bits per heavy atom. The number of aromatic nitrogens is 1. The van der Waals surface area contributed by atoms with Crippen LogP contribution in [0.1, 0.15) is 12.8 Å². The number of fused-ring (bicyclic) bond motifs is 2. The third kappa shape index (κ3) is 5.16. The van der Waals surface area contributed by atoms with Crippen molar-refractivity contribution in [2.75, 3.05) is 19.5 Å². The Labute approximate surface area is 210 Å². The number of nitrogens with zero attached hydrogens (tertiary/aromatic N) is 1. The van der Waals surface area contributed by atoms with Gasteiger partial charge in [0.05, 0.1) is 19.1 Å². The summed E-state index contributed by atoms with van der Waals surface area (Å²) in [5.74, 6) is 2.16. The average Bonchev–Trinajstić information content (AvgIpc) is 3.29. The van der Waals surface area contributed by atoms with Gasteiger partial charge in [-0.15, -0.1) is 0 Å². The van der Waals surface area contributed by atoms with E-state index in [2.05, 4.69) is 4.98 Å². The summed E-state index contributed by atoms with van der Waals surface area (Å²) in [6, 6.07) is 19.9. The second-order valence-corrected chi connectivity index (χ2v) is 9.29. The topological polar surface area (TPSA) is 74.7 Å². The average molecular weight is 508 g/mol. The van der Waals surface area contributed by atoms with Gasteiger partial charge in [0.15, 0.2) is 11.3 Å². The lowest BCUT2D eigenvalue weighted by Crippen LogP contribution is -2.11. The number of halogens is 1. The number of thioether (sulfide) groups is 1. The van der Waals surface area contributed by atoms with E-state index < -0.39 is 0 Å². The van der Waals surface area contributed by atoms with Crippen LogP contribution < -0.4 is 14.9 Å². The van der Waals surface area contributed by atoms with E-state index in [-0.39, 0.29) is 11.2 Å². The molecule has 0 spiro atoms. The van der Waals surface area contributed by atoms with Crippen LogP contribution in [-0.4, -0.2) is 24.5 Å². The maximum atomic E-state index is 13.2. The summed E-state index contributed by atoms with van der Waals surface area (Å²) in [5, 5.41) is 1.73. The molecule has 0 saturated heterocycles. The SMILES string of the molecule is COc1ccc(-c2oc3ccccc3c(=O)c2OCCCCSc2nc3cc(Cl)ccc3o2)cc1. The number of unbranched alkanes of at least 4 members (excludes halogenated alkanes) is 1. The predicted molar refractivity (Wildman–Crippen MR) is 139 cm³/mol. The summed E-state index contributed by atoms with van der Waals surface area (Å²) in [7, 11) is 1.61. The van der Waals surface area contributed by atoms with Crippen LogP contribution in [0.2, 0.25) is 5.02 Å². The zero-order valence-corrected chi connectivity index (χ0v) is 20.5. The van der Waals surface area contributed by atoms with Crippen molar-refractivity contribution >= 4 is 45.4 Å². The van der Waals surface area contributed by atoms with E-state index in [0.717, 1.165) is 35.4 Å². The third-order valence-corrected chi connectivity index (χ3v) is 6.60. The van der Waals surface area contributed by atoms with Crippen LogP contribution in [0.5, 0.6) is 11.5 Å². The fourth-order valence-corrected chi connectivity index (χ4v) is 4.67. The molecule has 0 radical (unpaired) electrons. The second kappa shape index (κ2) is 10.5. The molecule has 0 unspecified atom stereocenters. The van der Waals surface area contributed by atoms with Gasteiger partial charge in [0.2, 0.25) is 11.2 Å². The minimum Gasteiger partial charge on any atom is -0.497 e. The minimum absolute atomic E-state index is 0.183. The maximum absolute atomic E-state index is 13.2. The normalized spacial score (nSPS) is 11.3. The molecule has 6 nitrogen and oxygen atoms in total. The molecule has 0 bridgehead atoms. The highest BCUT2D eigenvalue weighted by molar-refractivity contribution is 7.99. The number of methoxy groups -OCH3 is 1. The second-order valence-electron chi connectivity index (χ2n) is 7.81. The Hall–Kier alpha value is -3.42. The summed E-state index contributed by atoms with van der Waals surface area (Å²) >= 11 is 7.55. The highest BCUT2D eigenvalue weighted by atomic mass is 35.5. The quantitative estimate of drug-likeness (QED) is 0.154. The van der Waals surface area contributed by atoms with Crippen LogP contribution in [0.3, 0.4) is 0 Å². The number of para-hydroxylation sites is 1. The standard InChI is InChI=1S/C27H22ClNO5S/c1-31-19-11-8-17(9-12-19)25-26(24(30)20-6-2-3-7-22(20)33-25)32-14-4-5-15-35-27-29-21-16-18(28)10-13-23(21)34-27/h2-3,6-13,16H,4-5,14-15H2,1H3. The minimum atomic E-state index is -0.183. The van der Waals surface area contributed by atoms with Crippen LogP contribution in [0.4, 0.5) is 0 Å². The molecule has 178 valence electrons. The van der Waals surface area contributed by atoms with E-state index in [9.17, 15) is 4.79 Å². The zero-order chi connectivity index (χ0) is 24.2. The van der Waals surface area contributed by atoms with E-state index >= 15 is 0 Å². The van der Waals surface area contributed by atoms with Gasteiger partial charge in [0, 0.05) is 16.3 Å². The van der Waals surface area contributed by atoms with Crippen LogP contribution in [-0.2, 0) is 0 Å². The lowest BCUT2D eigenvalue weighted by atomic mass is 10.1. The molecule has 0 atom stereocenters. The first-order valence-electron chi connectivity index (χ1n) is 11.1. The lowest BCUT2D eigenvalue weighted by molar-refractivity contribution is 0.302. The Morgan fingerprint density at radius 2 is 1.80 bits per heavy atom. The van der Waals surface area contributed by atoms with Gasteiger partial charge in [0.25, 0.3) is 5.22 Å². The van der Waals surface area contributed by atoms with E-state index in [1.54, 1.807) is 31.4 Å². The van der Waals surface area contributed by atoms with Gasteiger partial charge < -0.3 is 18.3 Å². The molecule has 8 heteroatoms. The molecule has 5 aromatic rings. The van der Waals surface area contributed by atoms with Crippen molar-refractivity contribution in [2.24, 2.45) is 0 Å². The monoisotopic (exact) mass is 507 g/mol. The molecule has 0 saturated carbocycles. The molecule has 5 rings (SSSR count). The number of oxazole rings is 1. The number of ether oxygens (including phenoxy) is 2. The zero-order valence-electron chi connectivity index (χ0n) is 19.0. The van der Waals surface area contributed by atoms with Crippen molar-refractivity contribution < 1.29 is 18.3 Å². The van der Waals surface area contributed by atoms with Gasteiger partial charge in [-0.1, -0.05) is 35.5 Å². The number of hydrogen-bond donors (Lipinski definition) is 0. The Kier molecular flexibility index (Phi) is 6.97. The largest absolute Gasteiger partial charge is 0.497 e. The fraction of sp³-hybridized carbons (Fsp3) is 0.185. The van der Waals surface area contributed by atoms with Crippen LogP contribution in [0.25, 0.3) is 33.4 Å². The van der Waals surface area contributed by atoms with Crippen molar-refractivity contribution in [3.05, 3.63) is 82.0 Å². The highest BCUT2D eigenvalue weighted by Gasteiger charge is 2.18. The summed E-state index contributed by atoms with van der Waals surface area (Å²) in [4.78, 5) is 17.7. The number of hydrogen-bond acceptors (Lipinski definition) is 7. The fourth-order valence-electron chi connectivity index (χ4n) is 3.67. The van der Waals surface area contributed by atoms with Crippen molar-refractivity contribution in [2.45, 2.75) is 18.1 Å². The lowest BCUT2D eigenvalue weighted by Gasteiger charge is -2.12. The molecular weight excluding hydrogens is 486 g/mol. The Balaban J connectivity index is 1.26. The van der Waals surface area contributed by atoms with Gasteiger partial charge in [-0.05, 0) is 67.4 Å². The van der Waals surface area contributed by atoms with Crippen molar-refractivity contribution in [3.8, 4) is 22.8 Å². The van der Waals surface area contributed by atoms with E-state index in [0.29, 0.717) is 39.2 Å². The molecular formula is C27H22ClNO5S. The molecule has 2 aromatic heterocycles. The molecule has 0 fully saturated rings. The summed E-state index contributed by atoms with van der Waals surface area (Å²) in [6.45, 7) is 0.385. The number of rotatable bonds is 9. The van der Waals surface area contributed by atoms with Gasteiger partial charge in [-0.2, -0.15) is 0 Å². The van der Waals surface area contributed by atoms with Gasteiger partial charge in [-0.3, -0.25) is 4.79 Å². The maximum Gasteiger partial charge on any atom is 0.256 e. The van der Waals surface area contributed by atoms with E-state index in [4.69, 9.17) is 29.9 Å². The molecule has 0 aliphatic rings. The summed E-state index contributed by atoms with van der Waals surface area (Å²) in [6.07, 6.45) is 1.62. The molecule has 0 aliphatic carbocycles. The van der Waals surface area contributed by atoms with E-state index in [1.165, 1.54) is 11.8 Å². The van der Waals surface area contributed by atoms with Crippen LogP contribution in [0, 0.1) is 0 Å². The van der Waals surface area contributed by atoms with Crippen molar-refractivity contribution in [1.29, 1.82) is 0 Å². The molecule has 0 N–H and O–H groups in total.